The van der Waals surface area contributed by atoms with Gasteiger partial charge < -0.3 is 19.5 Å². The normalized spacial score (nSPS) is 13.4. The monoisotopic (exact) mass is 524 g/mol. The van der Waals surface area contributed by atoms with E-state index in [0.29, 0.717) is 49.1 Å². The summed E-state index contributed by atoms with van der Waals surface area (Å²) in [7, 11) is 0. The fourth-order valence-corrected chi connectivity index (χ4v) is 4.51. The van der Waals surface area contributed by atoms with Crippen LogP contribution in [0, 0.1) is 13.8 Å². The molecular formula is C27H29ClN4O3S. The van der Waals surface area contributed by atoms with Gasteiger partial charge in [-0.25, -0.2) is 0 Å². The number of nitrogens with one attached hydrogen (secondary N) is 2. The summed E-state index contributed by atoms with van der Waals surface area (Å²) in [4.78, 5) is 28.8. The molecular weight excluding hydrogens is 496 g/mol. The predicted molar refractivity (Wildman–Crippen MR) is 148 cm³/mol. The molecule has 36 heavy (non-hydrogen) atoms. The molecule has 0 aliphatic carbocycles. The Labute approximate surface area is 221 Å². The number of thiocarbonyl (C=S) groups is 1. The predicted octanol–water partition coefficient (Wildman–Crippen LogP) is 5.40. The van der Waals surface area contributed by atoms with Gasteiger partial charge in [0.15, 0.2) is 10.9 Å². The quantitative estimate of drug-likeness (QED) is 0.435. The van der Waals surface area contributed by atoms with Crippen LogP contribution in [0.2, 0.25) is 5.02 Å². The van der Waals surface area contributed by atoms with E-state index < -0.39 is 5.91 Å². The molecule has 0 bridgehead atoms. The number of aryl methyl sites for hydroxylation is 2. The highest BCUT2D eigenvalue weighted by molar-refractivity contribution is 7.80. The van der Waals surface area contributed by atoms with Crippen LogP contribution in [0.3, 0.4) is 0 Å². The van der Waals surface area contributed by atoms with E-state index in [1.807, 2.05) is 56.0 Å². The van der Waals surface area contributed by atoms with Gasteiger partial charge in [-0.1, -0.05) is 30.7 Å². The number of hydrogen-bond acceptors (Lipinski definition) is 5. The molecule has 0 saturated carbocycles. The maximum absolute atomic E-state index is 12.8. The molecule has 0 atom stereocenters. The average Bonchev–Trinajstić information content (AvgIpc) is 3.36. The lowest BCUT2D eigenvalue weighted by Gasteiger charge is -2.37. The molecule has 3 aromatic rings. The third-order valence-electron chi connectivity index (χ3n) is 6.33. The highest BCUT2D eigenvalue weighted by Crippen LogP contribution is 2.30. The Hall–Kier alpha value is -3.36. The molecule has 2 heterocycles. The molecule has 1 aliphatic heterocycles. The minimum absolute atomic E-state index is 0.132. The number of amides is 2. The lowest BCUT2D eigenvalue weighted by atomic mass is 10.1. The van der Waals surface area contributed by atoms with Crippen molar-refractivity contribution in [2.75, 3.05) is 36.4 Å². The number of furan rings is 1. The van der Waals surface area contributed by atoms with Gasteiger partial charge in [0.2, 0.25) is 5.91 Å². The molecule has 2 amide bonds. The van der Waals surface area contributed by atoms with Gasteiger partial charge in [0.05, 0.1) is 11.4 Å². The molecule has 0 spiro atoms. The van der Waals surface area contributed by atoms with Crippen molar-refractivity contribution < 1.29 is 14.0 Å². The standard InChI is InChI=1S/C27H29ClN4O3S/c1-4-25(33)32-13-11-31(12-14-32)22-8-7-20(28)16-21(22)29-27(36)30-26(34)24-10-9-23(35-24)19-6-5-17(2)18(3)15-19/h5-10,15-16H,4,11-14H2,1-3H3,(H2,29,30,34,36). The molecule has 9 heteroatoms. The first-order chi connectivity index (χ1) is 17.2. The number of piperazine rings is 1. The van der Waals surface area contributed by atoms with Crippen molar-refractivity contribution in [1.29, 1.82) is 0 Å². The van der Waals surface area contributed by atoms with E-state index in [-0.39, 0.29) is 16.8 Å². The van der Waals surface area contributed by atoms with Crippen LogP contribution in [0.4, 0.5) is 11.4 Å². The van der Waals surface area contributed by atoms with Gasteiger partial charge in [0.1, 0.15) is 5.76 Å². The van der Waals surface area contributed by atoms with Crippen LogP contribution in [0.25, 0.3) is 11.3 Å². The van der Waals surface area contributed by atoms with Crippen molar-refractivity contribution in [1.82, 2.24) is 10.2 Å². The van der Waals surface area contributed by atoms with Crippen molar-refractivity contribution >= 4 is 52.1 Å². The topological polar surface area (TPSA) is 77.8 Å². The number of hydrogen-bond donors (Lipinski definition) is 2. The molecule has 1 saturated heterocycles. The zero-order chi connectivity index (χ0) is 25.8. The Morgan fingerprint density at radius 1 is 1.00 bits per heavy atom. The van der Waals surface area contributed by atoms with Crippen molar-refractivity contribution in [3.8, 4) is 11.3 Å². The van der Waals surface area contributed by atoms with Crippen LogP contribution >= 0.6 is 23.8 Å². The average molecular weight is 525 g/mol. The van der Waals surface area contributed by atoms with Gasteiger partial charge in [0, 0.05) is 43.2 Å². The number of carbonyl (C=O) groups is 2. The van der Waals surface area contributed by atoms with Gasteiger partial charge in [-0.15, -0.1) is 0 Å². The van der Waals surface area contributed by atoms with Crippen molar-refractivity contribution in [3.05, 3.63) is 70.4 Å². The first-order valence-corrected chi connectivity index (χ1v) is 12.7. The van der Waals surface area contributed by atoms with Gasteiger partial charge in [0.25, 0.3) is 5.91 Å². The summed E-state index contributed by atoms with van der Waals surface area (Å²) in [6.07, 6.45) is 0.504. The molecule has 2 N–H and O–H groups in total. The minimum Gasteiger partial charge on any atom is -0.451 e. The summed E-state index contributed by atoms with van der Waals surface area (Å²) in [5.74, 6) is 0.486. The number of nitrogens with zero attached hydrogens (tertiary/aromatic N) is 2. The largest absolute Gasteiger partial charge is 0.451 e. The Morgan fingerprint density at radius 3 is 2.44 bits per heavy atom. The van der Waals surface area contributed by atoms with Gasteiger partial charge in [-0.05, 0) is 73.6 Å². The Balaban J connectivity index is 1.42. The molecule has 188 valence electrons. The molecule has 1 aromatic heterocycles. The van der Waals surface area contributed by atoms with Crippen LogP contribution in [-0.4, -0.2) is 48.0 Å². The second-order valence-corrected chi connectivity index (χ2v) is 9.60. The van der Waals surface area contributed by atoms with Crippen molar-refractivity contribution in [3.63, 3.8) is 0 Å². The molecule has 1 fully saturated rings. The zero-order valence-corrected chi connectivity index (χ0v) is 22.1. The lowest BCUT2D eigenvalue weighted by Crippen LogP contribution is -2.48. The van der Waals surface area contributed by atoms with Gasteiger partial charge in [-0.3, -0.25) is 14.9 Å². The van der Waals surface area contributed by atoms with E-state index in [2.05, 4.69) is 15.5 Å². The molecule has 0 radical (unpaired) electrons. The number of carbonyl (C=O) groups excluding carboxylic acids is 2. The van der Waals surface area contributed by atoms with Crippen LogP contribution in [0.5, 0.6) is 0 Å². The van der Waals surface area contributed by atoms with Gasteiger partial charge in [-0.2, -0.15) is 0 Å². The van der Waals surface area contributed by atoms with Gasteiger partial charge >= 0.3 is 0 Å². The highest BCUT2D eigenvalue weighted by Gasteiger charge is 2.22. The van der Waals surface area contributed by atoms with E-state index in [1.165, 1.54) is 5.56 Å². The van der Waals surface area contributed by atoms with Crippen LogP contribution < -0.4 is 15.5 Å². The SMILES string of the molecule is CCC(=O)N1CCN(c2ccc(Cl)cc2NC(=S)NC(=O)c2ccc(-c3ccc(C)c(C)c3)o2)CC1. The summed E-state index contributed by atoms with van der Waals surface area (Å²) in [5.41, 5.74) is 4.82. The summed E-state index contributed by atoms with van der Waals surface area (Å²) in [6.45, 7) is 8.64. The zero-order valence-electron chi connectivity index (χ0n) is 20.6. The van der Waals surface area contributed by atoms with E-state index in [4.69, 9.17) is 28.2 Å². The van der Waals surface area contributed by atoms with Crippen LogP contribution in [0.15, 0.2) is 52.9 Å². The number of rotatable bonds is 5. The summed E-state index contributed by atoms with van der Waals surface area (Å²) < 4.78 is 5.79. The van der Waals surface area contributed by atoms with Crippen molar-refractivity contribution in [2.24, 2.45) is 0 Å². The number of benzene rings is 2. The third-order valence-corrected chi connectivity index (χ3v) is 6.77. The van der Waals surface area contributed by atoms with Crippen LogP contribution in [0.1, 0.15) is 35.0 Å². The minimum atomic E-state index is -0.446. The summed E-state index contributed by atoms with van der Waals surface area (Å²) >= 11 is 11.7. The lowest BCUT2D eigenvalue weighted by molar-refractivity contribution is -0.131. The molecule has 0 unspecified atom stereocenters. The first-order valence-electron chi connectivity index (χ1n) is 11.9. The molecule has 1 aliphatic rings. The highest BCUT2D eigenvalue weighted by atomic mass is 35.5. The Morgan fingerprint density at radius 2 is 1.75 bits per heavy atom. The number of anilines is 2. The van der Waals surface area contributed by atoms with Crippen molar-refractivity contribution in [2.45, 2.75) is 27.2 Å². The molecule has 7 nitrogen and oxygen atoms in total. The second kappa shape index (κ2) is 11.1. The molecule has 2 aromatic carbocycles. The Kier molecular flexibility index (Phi) is 7.96. The van der Waals surface area contributed by atoms with E-state index in [1.54, 1.807) is 18.2 Å². The first kappa shape index (κ1) is 25.7. The fraction of sp³-hybridized carbons (Fsp3) is 0.296. The maximum Gasteiger partial charge on any atom is 0.293 e. The van der Waals surface area contributed by atoms with E-state index in [9.17, 15) is 9.59 Å². The maximum atomic E-state index is 12.8. The summed E-state index contributed by atoms with van der Waals surface area (Å²) in [6, 6.07) is 14.9. The van der Waals surface area contributed by atoms with E-state index in [0.717, 1.165) is 16.8 Å². The summed E-state index contributed by atoms with van der Waals surface area (Å²) in [5, 5.41) is 6.45. The Bertz CT molecular complexity index is 1300. The fourth-order valence-electron chi connectivity index (χ4n) is 4.13. The smallest absolute Gasteiger partial charge is 0.293 e. The van der Waals surface area contributed by atoms with Crippen LogP contribution in [-0.2, 0) is 4.79 Å². The third kappa shape index (κ3) is 5.88. The molecule has 4 rings (SSSR count). The number of halogens is 1. The van der Waals surface area contributed by atoms with E-state index >= 15 is 0 Å². The second-order valence-electron chi connectivity index (χ2n) is 8.75.